The van der Waals surface area contributed by atoms with E-state index in [1.807, 2.05) is 6.92 Å². The van der Waals surface area contributed by atoms with E-state index in [1.165, 1.54) is 19.2 Å². The molecule has 1 N–H and O–H groups in total. The molecule has 2 atom stereocenters. The third kappa shape index (κ3) is 3.04. The number of likely N-dealkylation sites (N-methyl/N-ethyl adjacent to an activating group) is 1. The summed E-state index contributed by atoms with van der Waals surface area (Å²) in [6, 6.07) is 1.95. The summed E-state index contributed by atoms with van der Waals surface area (Å²) in [5, 5.41) is 3.11. The maximum atomic E-state index is 14.1. The van der Waals surface area contributed by atoms with Crippen molar-refractivity contribution >= 4 is 0 Å². The van der Waals surface area contributed by atoms with E-state index >= 15 is 0 Å². The zero-order valence-electron chi connectivity index (χ0n) is 11.2. The van der Waals surface area contributed by atoms with Gasteiger partial charge in [-0.25, -0.2) is 8.78 Å². The Morgan fingerprint density at radius 2 is 2.11 bits per heavy atom. The molecule has 1 aliphatic heterocycles. The molecule has 1 aromatic carbocycles. The molecule has 19 heavy (non-hydrogen) atoms. The van der Waals surface area contributed by atoms with Crippen molar-refractivity contribution in [2.24, 2.45) is 0 Å². The van der Waals surface area contributed by atoms with Gasteiger partial charge in [-0.15, -0.1) is 0 Å². The fourth-order valence-electron chi connectivity index (χ4n) is 2.48. The second kappa shape index (κ2) is 6.30. The van der Waals surface area contributed by atoms with E-state index in [4.69, 9.17) is 9.47 Å². The van der Waals surface area contributed by atoms with Crippen molar-refractivity contribution in [2.75, 3.05) is 20.3 Å². The van der Waals surface area contributed by atoms with Gasteiger partial charge in [0.05, 0.1) is 19.3 Å². The molecule has 0 aromatic heterocycles. The summed E-state index contributed by atoms with van der Waals surface area (Å²) in [6.45, 7) is 3.17. The Bertz CT molecular complexity index is 410. The lowest BCUT2D eigenvalue weighted by Gasteiger charge is -2.25. The molecule has 0 saturated carbocycles. The van der Waals surface area contributed by atoms with Crippen LogP contribution in [0.25, 0.3) is 0 Å². The minimum atomic E-state index is -0.599. The van der Waals surface area contributed by atoms with Crippen molar-refractivity contribution in [2.45, 2.75) is 31.9 Å². The van der Waals surface area contributed by atoms with Crippen LogP contribution >= 0.6 is 0 Å². The predicted molar refractivity (Wildman–Crippen MR) is 68.3 cm³/mol. The monoisotopic (exact) mass is 271 g/mol. The van der Waals surface area contributed by atoms with Crippen LogP contribution in [0.4, 0.5) is 8.78 Å². The summed E-state index contributed by atoms with van der Waals surface area (Å²) >= 11 is 0. The van der Waals surface area contributed by atoms with Crippen LogP contribution in [0.3, 0.4) is 0 Å². The lowest BCUT2D eigenvalue weighted by molar-refractivity contribution is 0.0763. The summed E-state index contributed by atoms with van der Waals surface area (Å²) in [4.78, 5) is 0. The molecule has 2 unspecified atom stereocenters. The van der Waals surface area contributed by atoms with Gasteiger partial charge < -0.3 is 14.8 Å². The third-order valence-electron chi connectivity index (χ3n) is 3.36. The number of halogens is 2. The normalized spacial score (nSPS) is 20.5. The van der Waals surface area contributed by atoms with Crippen LogP contribution in [-0.4, -0.2) is 26.4 Å². The highest BCUT2D eigenvalue weighted by atomic mass is 19.1. The Balaban J connectivity index is 2.35. The van der Waals surface area contributed by atoms with Crippen molar-refractivity contribution < 1.29 is 18.3 Å². The number of ether oxygens (including phenoxy) is 2. The molecule has 1 heterocycles. The molecule has 0 radical (unpaired) electrons. The molecule has 5 heteroatoms. The molecule has 1 aromatic rings. The first-order chi connectivity index (χ1) is 9.17. The lowest BCUT2D eigenvalue weighted by atomic mass is 9.98. The van der Waals surface area contributed by atoms with Gasteiger partial charge in [-0.1, -0.05) is 6.92 Å². The fourth-order valence-corrected chi connectivity index (χ4v) is 2.48. The van der Waals surface area contributed by atoms with Crippen LogP contribution in [0.5, 0.6) is 5.75 Å². The highest BCUT2D eigenvalue weighted by Crippen LogP contribution is 2.32. The number of hydrogen-bond acceptors (Lipinski definition) is 3. The maximum Gasteiger partial charge on any atom is 0.134 e. The van der Waals surface area contributed by atoms with E-state index in [0.717, 1.165) is 12.8 Å². The van der Waals surface area contributed by atoms with Crippen molar-refractivity contribution in [1.29, 1.82) is 0 Å². The van der Waals surface area contributed by atoms with E-state index in [2.05, 4.69) is 5.32 Å². The Hall–Kier alpha value is -1.20. The first-order valence-corrected chi connectivity index (χ1v) is 6.55. The van der Waals surface area contributed by atoms with Crippen LogP contribution in [0.1, 0.15) is 31.4 Å². The summed E-state index contributed by atoms with van der Waals surface area (Å²) in [5.74, 6) is -1.02. The molecule has 1 fully saturated rings. The summed E-state index contributed by atoms with van der Waals surface area (Å²) in [6.07, 6.45) is 1.55. The van der Waals surface area contributed by atoms with Crippen LogP contribution in [0, 0.1) is 11.6 Å². The topological polar surface area (TPSA) is 30.5 Å². The molecule has 1 aliphatic rings. The first-order valence-electron chi connectivity index (χ1n) is 6.55. The van der Waals surface area contributed by atoms with E-state index in [-0.39, 0.29) is 17.4 Å². The molecule has 0 amide bonds. The summed E-state index contributed by atoms with van der Waals surface area (Å²) < 4.78 is 38.6. The molecule has 0 aliphatic carbocycles. The number of benzene rings is 1. The van der Waals surface area contributed by atoms with E-state index in [1.54, 1.807) is 0 Å². The van der Waals surface area contributed by atoms with Gasteiger partial charge in [0.25, 0.3) is 0 Å². The fraction of sp³-hybridized carbons (Fsp3) is 0.571. The van der Waals surface area contributed by atoms with Gasteiger partial charge in [-0.2, -0.15) is 0 Å². The van der Waals surface area contributed by atoms with Crippen LogP contribution < -0.4 is 10.1 Å². The van der Waals surface area contributed by atoms with Crippen LogP contribution in [0.2, 0.25) is 0 Å². The van der Waals surface area contributed by atoms with Crippen molar-refractivity contribution in [1.82, 2.24) is 5.32 Å². The van der Waals surface area contributed by atoms with Crippen LogP contribution in [-0.2, 0) is 4.74 Å². The number of nitrogens with one attached hydrogen (secondary N) is 1. The Morgan fingerprint density at radius 3 is 2.58 bits per heavy atom. The second-order valence-corrected chi connectivity index (χ2v) is 4.59. The summed E-state index contributed by atoms with van der Waals surface area (Å²) in [5.41, 5.74) is 0.0366. The lowest BCUT2D eigenvalue weighted by Crippen LogP contribution is -2.33. The Morgan fingerprint density at radius 1 is 1.42 bits per heavy atom. The molecular weight excluding hydrogens is 252 g/mol. The number of methoxy groups -OCH3 is 1. The van der Waals surface area contributed by atoms with Gasteiger partial charge in [-0.3, -0.25) is 0 Å². The second-order valence-electron chi connectivity index (χ2n) is 4.59. The standard InChI is InChI=1S/C14H19F2NO2/c1-3-17-14(12-5-4-6-19-12)13-10(15)7-9(18-2)8-11(13)16/h7-8,12,14,17H,3-6H2,1-2H3. The van der Waals surface area contributed by atoms with E-state index in [0.29, 0.717) is 13.2 Å². The largest absolute Gasteiger partial charge is 0.497 e. The molecule has 2 rings (SSSR count). The maximum absolute atomic E-state index is 14.1. The average molecular weight is 271 g/mol. The van der Waals surface area contributed by atoms with Gasteiger partial charge in [0.15, 0.2) is 0 Å². The van der Waals surface area contributed by atoms with Crippen LogP contribution in [0.15, 0.2) is 12.1 Å². The van der Waals surface area contributed by atoms with Gasteiger partial charge >= 0.3 is 0 Å². The Labute approximate surface area is 111 Å². The smallest absolute Gasteiger partial charge is 0.134 e. The minimum absolute atomic E-state index is 0.0366. The highest BCUT2D eigenvalue weighted by molar-refractivity contribution is 5.33. The predicted octanol–water partition coefficient (Wildman–Crippen LogP) is 2.80. The quantitative estimate of drug-likeness (QED) is 0.893. The molecule has 106 valence electrons. The minimum Gasteiger partial charge on any atom is -0.497 e. The molecule has 0 spiro atoms. The van der Waals surface area contributed by atoms with Gasteiger partial charge in [0, 0.05) is 24.3 Å². The third-order valence-corrected chi connectivity index (χ3v) is 3.36. The van der Waals surface area contributed by atoms with Gasteiger partial charge in [-0.05, 0) is 19.4 Å². The zero-order chi connectivity index (χ0) is 13.8. The SMILES string of the molecule is CCNC(c1c(F)cc(OC)cc1F)C1CCCO1. The molecular formula is C14H19F2NO2. The van der Waals surface area contributed by atoms with Gasteiger partial charge in [0.2, 0.25) is 0 Å². The van der Waals surface area contributed by atoms with Crippen molar-refractivity contribution in [3.05, 3.63) is 29.3 Å². The number of hydrogen-bond donors (Lipinski definition) is 1. The van der Waals surface area contributed by atoms with Crippen molar-refractivity contribution in [3.8, 4) is 5.75 Å². The van der Waals surface area contributed by atoms with Crippen molar-refractivity contribution in [3.63, 3.8) is 0 Å². The molecule has 3 nitrogen and oxygen atoms in total. The Kier molecular flexibility index (Phi) is 4.71. The van der Waals surface area contributed by atoms with Gasteiger partial charge in [0.1, 0.15) is 17.4 Å². The number of rotatable bonds is 5. The van der Waals surface area contributed by atoms with E-state index in [9.17, 15) is 8.78 Å². The highest BCUT2D eigenvalue weighted by Gasteiger charge is 2.31. The first kappa shape index (κ1) is 14.2. The average Bonchev–Trinajstić information content (AvgIpc) is 2.90. The molecule has 1 saturated heterocycles. The molecule has 0 bridgehead atoms. The van der Waals surface area contributed by atoms with E-state index < -0.39 is 17.7 Å². The summed E-state index contributed by atoms with van der Waals surface area (Å²) in [7, 11) is 1.38. The zero-order valence-corrected chi connectivity index (χ0v) is 11.2.